The molecule has 0 saturated carbocycles. The Bertz CT molecular complexity index is 380. The van der Waals surface area contributed by atoms with Gasteiger partial charge in [0.15, 0.2) is 0 Å². The van der Waals surface area contributed by atoms with Crippen LogP contribution < -0.4 is 4.90 Å². The maximum absolute atomic E-state index is 9.10. The Balaban J connectivity index is 2.08. The summed E-state index contributed by atoms with van der Waals surface area (Å²) in [5.41, 5.74) is 2.23. The molecule has 0 bridgehead atoms. The lowest BCUT2D eigenvalue weighted by Crippen LogP contribution is -2.20. The molecule has 2 nitrogen and oxygen atoms in total. The van der Waals surface area contributed by atoms with Gasteiger partial charge in [-0.15, -0.1) is 0 Å². The third-order valence-corrected chi connectivity index (χ3v) is 4.15. The fraction of sp³-hybridized carbons (Fsp3) is 0.571. The van der Waals surface area contributed by atoms with Gasteiger partial charge in [0.25, 0.3) is 0 Å². The van der Waals surface area contributed by atoms with Crippen LogP contribution in [0.15, 0.2) is 22.7 Å². The average Bonchev–Trinajstić information content (AvgIpc) is 2.78. The van der Waals surface area contributed by atoms with Crippen LogP contribution >= 0.6 is 15.9 Å². The number of anilines is 1. The average molecular weight is 298 g/mol. The Morgan fingerprint density at radius 1 is 1.47 bits per heavy atom. The molecule has 0 aliphatic carbocycles. The molecule has 1 N–H and O–H groups in total. The number of rotatable bonds is 4. The van der Waals surface area contributed by atoms with Crippen LogP contribution in [0, 0.1) is 5.92 Å². The van der Waals surface area contributed by atoms with Gasteiger partial charge in [0, 0.05) is 17.6 Å². The summed E-state index contributed by atoms with van der Waals surface area (Å²) in [4.78, 5) is 2.45. The minimum Gasteiger partial charge on any atom is -0.392 e. The molecule has 1 heterocycles. The van der Waals surface area contributed by atoms with Crippen molar-refractivity contribution in [2.24, 2.45) is 5.92 Å². The van der Waals surface area contributed by atoms with E-state index in [1.165, 1.54) is 31.5 Å². The van der Waals surface area contributed by atoms with Gasteiger partial charge in [0.1, 0.15) is 0 Å². The molecule has 0 spiro atoms. The first kappa shape index (κ1) is 12.9. The monoisotopic (exact) mass is 297 g/mol. The van der Waals surface area contributed by atoms with Crippen LogP contribution in [-0.2, 0) is 6.61 Å². The zero-order chi connectivity index (χ0) is 12.3. The van der Waals surface area contributed by atoms with Gasteiger partial charge in [0.05, 0.1) is 12.3 Å². The molecule has 2 rings (SSSR count). The zero-order valence-corrected chi connectivity index (χ0v) is 11.9. The van der Waals surface area contributed by atoms with Gasteiger partial charge >= 0.3 is 0 Å². The van der Waals surface area contributed by atoms with Gasteiger partial charge in [-0.2, -0.15) is 0 Å². The molecule has 0 amide bonds. The number of nitrogens with zero attached hydrogens (tertiary/aromatic N) is 1. The standard InChI is InChI=1S/C14H20BrNO/c1-2-3-11-6-7-16(9-11)14-5-4-12(10-17)8-13(14)15/h4-5,8,11,17H,2-3,6-7,9-10H2,1H3. The summed E-state index contributed by atoms with van der Waals surface area (Å²) < 4.78 is 1.10. The molecule has 1 saturated heterocycles. The van der Waals surface area contributed by atoms with Crippen molar-refractivity contribution in [2.75, 3.05) is 18.0 Å². The molecular formula is C14H20BrNO. The largest absolute Gasteiger partial charge is 0.392 e. The van der Waals surface area contributed by atoms with E-state index in [1.807, 2.05) is 12.1 Å². The second-order valence-electron chi connectivity index (χ2n) is 4.83. The van der Waals surface area contributed by atoms with E-state index in [1.54, 1.807) is 0 Å². The summed E-state index contributed by atoms with van der Waals surface area (Å²) in [5.74, 6) is 0.851. The summed E-state index contributed by atoms with van der Waals surface area (Å²) in [6.07, 6.45) is 3.92. The van der Waals surface area contributed by atoms with Crippen LogP contribution in [0.2, 0.25) is 0 Å². The van der Waals surface area contributed by atoms with Gasteiger partial charge in [-0.1, -0.05) is 19.4 Å². The van der Waals surface area contributed by atoms with E-state index >= 15 is 0 Å². The predicted octanol–water partition coefficient (Wildman–Crippen LogP) is 3.57. The second-order valence-corrected chi connectivity index (χ2v) is 5.69. The minimum absolute atomic E-state index is 0.108. The highest BCUT2D eigenvalue weighted by Gasteiger charge is 2.23. The molecule has 1 aromatic rings. The maximum atomic E-state index is 9.10. The van der Waals surface area contributed by atoms with E-state index in [9.17, 15) is 0 Å². The van der Waals surface area contributed by atoms with E-state index in [4.69, 9.17) is 5.11 Å². The van der Waals surface area contributed by atoms with E-state index in [0.29, 0.717) is 0 Å². The molecule has 1 fully saturated rings. The van der Waals surface area contributed by atoms with Crippen LogP contribution in [0.1, 0.15) is 31.7 Å². The number of halogens is 1. The number of benzene rings is 1. The highest BCUT2D eigenvalue weighted by molar-refractivity contribution is 9.10. The molecule has 3 heteroatoms. The lowest BCUT2D eigenvalue weighted by molar-refractivity contribution is 0.282. The Morgan fingerprint density at radius 2 is 2.29 bits per heavy atom. The fourth-order valence-corrected chi connectivity index (χ4v) is 3.28. The van der Waals surface area contributed by atoms with Crippen molar-refractivity contribution in [3.63, 3.8) is 0 Å². The number of hydrogen-bond donors (Lipinski definition) is 1. The highest BCUT2D eigenvalue weighted by atomic mass is 79.9. The molecule has 1 unspecified atom stereocenters. The Hall–Kier alpha value is -0.540. The predicted molar refractivity (Wildman–Crippen MR) is 75.3 cm³/mol. The zero-order valence-electron chi connectivity index (χ0n) is 10.3. The van der Waals surface area contributed by atoms with Crippen molar-refractivity contribution in [1.82, 2.24) is 0 Å². The quantitative estimate of drug-likeness (QED) is 0.918. The summed E-state index contributed by atoms with van der Waals surface area (Å²) in [7, 11) is 0. The molecule has 1 aromatic carbocycles. The van der Waals surface area contributed by atoms with Crippen molar-refractivity contribution in [3.8, 4) is 0 Å². The van der Waals surface area contributed by atoms with Gasteiger partial charge in [-0.3, -0.25) is 0 Å². The van der Waals surface area contributed by atoms with Crippen LogP contribution in [0.4, 0.5) is 5.69 Å². The van der Waals surface area contributed by atoms with Crippen molar-refractivity contribution < 1.29 is 5.11 Å². The van der Waals surface area contributed by atoms with Gasteiger partial charge in [0.2, 0.25) is 0 Å². The maximum Gasteiger partial charge on any atom is 0.0682 e. The highest BCUT2D eigenvalue weighted by Crippen LogP contribution is 2.32. The minimum atomic E-state index is 0.108. The summed E-state index contributed by atoms with van der Waals surface area (Å²) in [6, 6.07) is 6.14. The molecule has 1 atom stereocenters. The normalized spacial score (nSPS) is 19.9. The van der Waals surface area contributed by atoms with Crippen LogP contribution in [-0.4, -0.2) is 18.2 Å². The fourth-order valence-electron chi connectivity index (χ4n) is 2.60. The summed E-state index contributed by atoms with van der Waals surface area (Å²) in [6.45, 7) is 4.69. The molecule has 0 aromatic heterocycles. The smallest absolute Gasteiger partial charge is 0.0682 e. The van der Waals surface area contributed by atoms with Crippen LogP contribution in [0.3, 0.4) is 0 Å². The van der Waals surface area contributed by atoms with Crippen LogP contribution in [0.5, 0.6) is 0 Å². The molecule has 1 aliphatic heterocycles. The molecule has 1 aliphatic rings. The number of aliphatic hydroxyl groups is 1. The van der Waals surface area contributed by atoms with Crippen LogP contribution in [0.25, 0.3) is 0 Å². The Labute approximate surface area is 112 Å². The first-order chi connectivity index (χ1) is 8.24. The van der Waals surface area contributed by atoms with E-state index in [0.717, 1.165) is 22.5 Å². The van der Waals surface area contributed by atoms with E-state index in [2.05, 4.69) is 33.8 Å². The third kappa shape index (κ3) is 3.02. The Morgan fingerprint density at radius 3 is 2.94 bits per heavy atom. The molecule has 17 heavy (non-hydrogen) atoms. The van der Waals surface area contributed by atoms with Crippen molar-refractivity contribution >= 4 is 21.6 Å². The molecular weight excluding hydrogens is 278 g/mol. The molecule has 0 radical (unpaired) electrons. The molecule has 94 valence electrons. The lowest BCUT2D eigenvalue weighted by atomic mass is 10.0. The number of hydrogen-bond acceptors (Lipinski definition) is 2. The van der Waals surface area contributed by atoms with Crippen molar-refractivity contribution in [1.29, 1.82) is 0 Å². The Kier molecular flexibility index (Phi) is 4.46. The first-order valence-corrected chi connectivity index (χ1v) is 7.18. The first-order valence-electron chi connectivity index (χ1n) is 6.38. The lowest BCUT2D eigenvalue weighted by Gasteiger charge is -2.20. The summed E-state index contributed by atoms with van der Waals surface area (Å²) in [5, 5.41) is 9.10. The van der Waals surface area contributed by atoms with E-state index in [-0.39, 0.29) is 6.61 Å². The third-order valence-electron chi connectivity index (χ3n) is 3.52. The van der Waals surface area contributed by atoms with Crippen molar-refractivity contribution in [3.05, 3.63) is 28.2 Å². The topological polar surface area (TPSA) is 23.5 Å². The SMILES string of the molecule is CCCC1CCN(c2ccc(CO)cc2Br)C1. The van der Waals surface area contributed by atoms with Gasteiger partial charge < -0.3 is 10.0 Å². The van der Waals surface area contributed by atoms with E-state index < -0.39 is 0 Å². The number of aliphatic hydroxyl groups excluding tert-OH is 1. The van der Waals surface area contributed by atoms with Gasteiger partial charge in [-0.25, -0.2) is 0 Å². The van der Waals surface area contributed by atoms with Gasteiger partial charge in [-0.05, 0) is 52.4 Å². The summed E-state index contributed by atoms with van der Waals surface area (Å²) >= 11 is 3.60. The second kappa shape index (κ2) is 5.87. The van der Waals surface area contributed by atoms with Crippen molar-refractivity contribution in [2.45, 2.75) is 32.8 Å².